The van der Waals surface area contributed by atoms with E-state index in [1.807, 2.05) is 0 Å². The van der Waals surface area contributed by atoms with E-state index in [0.717, 1.165) is 0 Å². The van der Waals surface area contributed by atoms with E-state index in [1.165, 1.54) is 0 Å². The van der Waals surface area contributed by atoms with Gasteiger partial charge in [-0.15, -0.1) is 30.5 Å². The van der Waals surface area contributed by atoms with E-state index >= 15 is 0 Å². The van der Waals surface area contributed by atoms with Crippen LogP contribution in [-0.2, 0) is 26.2 Å². The molecule has 0 bridgehead atoms. The Balaban J connectivity index is -0.0000000331. The van der Waals surface area contributed by atoms with Gasteiger partial charge in [0.25, 0.3) is 0 Å². The normalized spacial score (nSPS) is 8.57. The monoisotopic (exact) mass is 385 g/mol. The Morgan fingerprint density at radius 1 is 0.333 bits per heavy atom. The Morgan fingerprint density at radius 3 is 0.333 bits per heavy atom. The van der Waals surface area contributed by atoms with Crippen LogP contribution in [0.2, 0.25) is 0 Å². The van der Waals surface area contributed by atoms with Gasteiger partial charge in [0.1, 0.15) is 0 Å². The Labute approximate surface area is 151 Å². The van der Waals surface area contributed by atoms with Gasteiger partial charge < -0.3 is 25.5 Å². The Kier molecular flexibility index (Phi) is 58.5. The first-order chi connectivity index (χ1) is 8.66. The van der Waals surface area contributed by atoms with Crippen LogP contribution >= 0.6 is 0 Å². The molecule has 0 heterocycles. The van der Waals surface area contributed by atoms with Crippen LogP contribution in [0, 0.1) is 0 Å². The van der Waals surface area contributed by atoms with E-state index in [-0.39, 0.29) is 26.2 Å². The molecule has 0 saturated heterocycles. The summed E-state index contributed by atoms with van der Waals surface area (Å²) in [6.45, 7) is 16.1. The second-order valence-corrected chi connectivity index (χ2v) is 5.24. The van der Waals surface area contributed by atoms with Crippen molar-refractivity contribution in [2.24, 2.45) is 0 Å². The van der Waals surface area contributed by atoms with Crippen molar-refractivity contribution in [2.75, 3.05) is 0 Å². The molecule has 0 aliphatic rings. The van der Waals surface area contributed by atoms with E-state index in [0.29, 0.717) is 0 Å². The van der Waals surface area contributed by atoms with Crippen molar-refractivity contribution < 1.29 is 51.7 Å². The predicted octanol–water partition coefficient (Wildman–Crippen LogP) is -1.23. The zero-order valence-electron chi connectivity index (χ0n) is 15.4. The van der Waals surface area contributed by atoms with Crippen LogP contribution in [0.1, 0.15) is 69.2 Å². The Bertz CT molecular complexity index is 80.6. The summed E-state index contributed by atoms with van der Waals surface area (Å²) >= 11 is 0. The molecule has 0 spiro atoms. The van der Waals surface area contributed by atoms with Crippen molar-refractivity contribution in [2.45, 2.75) is 99.8 Å². The fraction of sp³-hybridized carbons (Fsp3) is 1.00. The molecule has 0 aliphatic heterocycles. The Morgan fingerprint density at radius 2 is 0.333 bits per heavy atom. The van der Waals surface area contributed by atoms with Crippen molar-refractivity contribution in [3.63, 3.8) is 0 Å². The molecule has 0 aromatic carbocycles. The van der Waals surface area contributed by atoms with E-state index < -0.39 is 30.5 Å². The second kappa shape index (κ2) is 32.6. The first-order valence-corrected chi connectivity index (χ1v) is 6.95. The van der Waals surface area contributed by atoms with Gasteiger partial charge in [-0.1, -0.05) is 69.2 Å². The van der Waals surface area contributed by atoms with Crippen LogP contribution in [0.15, 0.2) is 0 Å². The largest absolute Gasteiger partial charge is 5.00 e. The van der Waals surface area contributed by atoms with E-state index in [4.69, 9.17) is 0 Å². The molecule has 0 unspecified atom stereocenters. The summed E-state index contributed by atoms with van der Waals surface area (Å²) in [7, 11) is 0. The van der Waals surface area contributed by atoms with Gasteiger partial charge in [0.2, 0.25) is 0 Å². The maximum absolute atomic E-state index is 9.53. The quantitative estimate of drug-likeness (QED) is 0.517. The van der Waals surface area contributed by atoms with Gasteiger partial charge in [-0.05, 0) is 0 Å². The minimum Gasteiger partial charge on any atom is -0.852 e. The van der Waals surface area contributed by atoms with Crippen LogP contribution in [0.25, 0.3) is 0 Å². The molecule has 0 saturated carbocycles. The fourth-order valence-corrected chi connectivity index (χ4v) is 0. The minimum atomic E-state index is -0.417. The third-order valence-electron chi connectivity index (χ3n) is 0. The molecule has 0 amide bonds. The zero-order valence-corrected chi connectivity index (χ0v) is 17.9. The van der Waals surface area contributed by atoms with Crippen molar-refractivity contribution in [3.8, 4) is 0 Å². The number of hydrogen-bond acceptors (Lipinski definition) is 5. The van der Waals surface area contributed by atoms with E-state index in [1.54, 1.807) is 69.2 Å². The average Bonchev–Trinajstić information content (AvgIpc) is 1.94. The van der Waals surface area contributed by atoms with Crippen molar-refractivity contribution >= 4 is 0 Å². The fourth-order valence-electron chi connectivity index (χ4n) is 0. The summed E-state index contributed by atoms with van der Waals surface area (Å²) in [6.07, 6.45) is -2.08. The molecular formula is C15H35O5Zr. The van der Waals surface area contributed by atoms with Crippen molar-refractivity contribution in [3.05, 3.63) is 0 Å². The molecule has 0 N–H and O–H groups in total. The summed E-state index contributed by atoms with van der Waals surface area (Å²) in [4.78, 5) is 0. The molecule has 5 nitrogen and oxygen atoms in total. The summed E-state index contributed by atoms with van der Waals surface area (Å²) < 4.78 is 0. The van der Waals surface area contributed by atoms with Gasteiger partial charge in [-0.2, -0.15) is 0 Å². The molecule has 0 aromatic heterocycles. The predicted molar refractivity (Wildman–Crippen MR) is 75.7 cm³/mol. The van der Waals surface area contributed by atoms with Gasteiger partial charge in [-0.3, -0.25) is 0 Å². The number of hydrogen-bond donors (Lipinski definition) is 0. The third-order valence-corrected chi connectivity index (χ3v) is 0. The first kappa shape index (κ1) is 37.7. The molecule has 0 fully saturated rings. The molecule has 0 atom stereocenters. The zero-order chi connectivity index (χ0) is 17.9. The maximum Gasteiger partial charge on any atom is 5.00 e. The van der Waals surface area contributed by atoms with E-state index in [2.05, 4.69) is 0 Å². The molecule has 0 rings (SSSR count). The molecule has 0 aliphatic carbocycles. The average molecular weight is 387 g/mol. The molecule has 21 heavy (non-hydrogen) atoms. The standard InChI is InChI=1S/5C3H7O.Zr/c5*1-3(2)4;/h5*3H,1-2H3;/q5*-1;+5. The third kappa shape index (κ3) is 15500. The summed E-state index contributed by atoms with van der Waals surface area (Å²) in [6, 6.07) is 0. The second-order valence-electron chi connectivity index (χ2n) is 5.24. The summed E-state index contributed by atoms with van der Waals surface area (Å²) in [5.41, 5.74) is 0. The number of rotatable bonds is 0. The van der Waals surface area contributed by atoms with Gasteiger partial charge in [0, 0.05) is 0 Å². The van der Waals surface area contributed by atoms with E-state index in [9.17, 15) is 25.5 Å². The molecule has 129 valence electrons. The van der Waals surface area contributed by atoms with Crippen LogP contribution in [0.5, 0.6) is 0 Å². The van der Waals surface area contributed by atoms with Crippen molar-refractivity contribution in [1.82, 2.24) is 0 Å². The van der Waals surface area contributed by atoms with Crippen LogP contribution in [-0.4, -0.2) is 30.5 Å². The Hall–Kier alpha value is 0.683. The molecular weight excluding hydrogens is 351 g/mol. The topological polar surface area (TPSA) is 115 Å². The summed E-state index contributed by atoms with van der Waals surface area (Å²) in [5, 5.41) is 47.6. The molecule has 0 aromatic rings. The maximum atomic E-state index is 9.53. The van der Waals surface area contributed by atoms with Gasteiger partial charge >= 0.3 is 26.2 Å². The summed E-state index contributed by atoms with van der Waals surface area (Å²) in [5.74, 6) is 0. The minimum absolute atomic E-state index is 0. The van der Waals surface area contributed by atoms with Crippen LogP contribution < -0.4 is 25.5 Å². The SMILES string of the molecule is CC(C)[O-].CC(C)[O-].CC(C)[O-].CC(C)[O-].CC(C)[O-].[Zr+5]. The molecule has 6 heteroatoms. The van der Waals surface area contributed by atoms with Gasteiger partial charge in [0.05, 0.1) is 0 Å². The van der Waals surface area contributed by atoms with Gasteiger partial charge in [-0.25, -0.2) is 0 Å². The molecule has 0 radical (unpaired) electrons. The smallest absolute Gasteiger partial charge is 0.852 e. The van der Waals surface area contributed by atoms with Crippen LogP contribution in [0.3, 0.4) is 0 Å². The van der Waals surface area contributed by atoms with Gasteiger partial charge in [0.15, 0.2) is 0 Å². The first-order valence-electron chi connectivity index (χ1n) is 6.95. The van der Waals surface area contributed by atoms with Crippen LogP contribution in [0.4, 0.5) is 0 Å². The van der Waals surface area contributed by atoms with Crippen molar-refractivity contribution in [1.29, 1.82) is 0 Å².